The summed E-state index contributed by atoms with van der Waals surface area (Å²) in [7, 11) is -3.13. The summed E-state index contributed by atoms with van der Waals surface area (Å²) in [6.07, 6.45) is 0. The summed E-state index contributed by atoms with van der Waals surface area (Å²) >= 11 is 0. The molecule has 5 nitrogen and oxygen atoms in total. The minimum atomic E-state index is -3.13. The highest BCUT2D eigenvalue weighted by Crippen LogP contribution is 2.54. The van der Waals surface area contributed by atoms with Crippen LogP contribution in [0.25, 0.3) is 34.2 Å². The molecule has 0 atom stereocenters. The van der Waals surface area contributed by atoms with Gasteiger partial charge in [0.25, 0.3) is 0 Å². The van der Waals surface area contributed by atoms with Crippen LogP contribution < -0.4 is 20.8 Å². The second-order valence-electron chi connectivity index (χ2n) is 10.8. The molecule has 0 bridgehead atoms. The minimum Gasteiger partial charge on any atom is -0.309 e. The van der Waals surface area contributed by atoms with E-state index in [2.05, 4.69) is 29.2 Å². The largest absolute Gasteiger partial charge is 0.309 e. The van der Waals surface area contributed by atoms with E-state index < -0.39 is 7.14 Å². The van der Waals surface area contributed by atoms with Crippen molar-refractivity contribution in [3.63, 3.8) is 0 Å². The number of hydrogen-bond acceptors (Lipinski definition) is 5. The molecule has 7 aromatic rings. The van der Waals surface area contributed by atoms with E-state index in [0.29, 0.717) is 17.5 Å². The van der Waals surface area contributed by atoms with E-state index in [4.69, 9.17) is 15.0 Å². The third-order valence-corrected chi connectivity index (χ3v) is 11.2. The van der Waals surface area contributed by atoms with Crippen molar-refractivity contribution in [1.82, 2.24) is 15.0 Å². The summed E-state index contributed by atoms with van der Waals surface area (Å²) in [5.74, 6) is 1.81. The molecule has 45 heavy (non-hydrogen) atoms. The molecule has 6 aromatic carbocycles. The highest BCUT2D eigenvalue weighted by Gasteiger charge is 2.40. The van der Waals surface area contributed by atoms with Crippen LogP contribution in [0.4, 0.5) is 17.1 Å². The number of benzene rings is 6. The van der Waals surface area contributed by atoms with Crippen LogP contribution in [0, 0.1) is 0 Å². The third-order valence-electron chi connectivity index (χ3n) is 8.11. The number of aromatic nitrogens is 3. The zero-order valence-electron chi connectivity index (χ0n) is 24.2. The molecule has 6 heteroatoms. The van der Waals surface area contributed by atoms with E-state index in [1.54, 1.807) is 0 Å². The van der Waals surface area contributed by atoms with Gasteiger partial charge in [-0.2, -0.15) is 0 Å². The van der Waals surface area contributed by atoms with Crippen molar-refractivity contribution in [3.05, 3.63) is 164 Å². The topological polar surface area (TPSA) is 59.0 Å². The van der Waals surface area contributed by atoms with Gasteiger partial charge in [-0.25, -0.2) is 15.0 Å². The summed E-state index contributed by atoms with van der Waals surface area (Å²) < 4.78 is 15.2. The summed E-state index contributed by atoms with van der Waals surface area (Å²) in [5, 5.41) is 2.46. The first-order chi connectivity index (χ1) is 22.2. The van der Waals surface area contributed by atoms with Crippen LogP contribution in [0.5, 0.6) is 0 Å². The van der Waals surface area contributed by atoms with E-state index in [0.717, 1.165) is 49.7 Å². The molecule has 0 aliphatic carbocycles. The number of hydrogen-bond donors (Lipinski definition) is 0. The lowest BCUT2D eigenvalue weighted by atomic mass is 10.1. The fourth-order valence-electron chi connectivity index (χ4n) is 6.01. The molecule has 0 unspecified atom stereocenters. The highest BCUT2D eigenvalue weighted by molar-refractivity contribution is 7.86. The number of rotatable bonds is 5. The molecule has 0 amide bonds. The van der Waals surface area contributed by atoms with Crippen molar-refractivity contribution in [3.8, 4) is 34.2 Å². The fourth-order valence-corrected chi connectivity index (χ4v) is 9.01. The molecule has 0 spiro atoms. The average Bonchev–Trinajstić information content (AvgIpc) is 3.13. The van der Waals surface area contributed by atoms with E-state index in [9.17, 15) is 0 Å². The number of para-hydroxylation sites is 2. The molecule has 1 aliphatic rings. The van der Waals surface area contributed by atoms with Crippen LogP contribution >= 0.6 is 7.14 Å². The van der Waals surface area contributed by atoms with Gasteiger partial charge in [0.05, 0.1) is 11.4 Å². The molecule has 0 N–H and O–H groups in total. The lowest BCUT2D eigenvalue weighted by molar-refractivity contribution is 0.592. The molecular weight excluding hydrogens is 571 g/mol. The van der Waals surface area contributed by atoms with Crippen LogP contribution in [0.1, 0.15) is 0 Å². The Bertz CT molecular complexity index is 2100. The number of anilines is 3. The predicted molar refractivity (Wildman–Crippen MR) is 184 cm³/mol. The first-order valence-electron chi connectivity index (χ1n) is 14.8. The summed E-state index contributed by atoms with van der Waals surface area (Å²) in [5.41, 5.74) is 5.41. The Hall–Kier alpha value is -5.64. The van der Waals surface area contributed by atoms with E-state index in [1.807, 2.05) is 140 Å². The maximum Gasteiger partial charge on any atom is 0.175 e. The molecule has 214 valence electrons. The van der Waals surface area contributed by atoms with Gasteiger partial charge in [-0.15, -0.1) is 0 Å². The van der Waals surface area contributed by atoms with Gasteiger partial charge in [-0.05, 0) is 36.4 Å². The molecule has 0 fully saturated rings. The van der Waals surface area contributed by atoms with Crippen molar-refractivity contribution in [2.45, 2.75) is 0 Å². The summed E-state index contributed by atoms with van der Waals surface area (Å²) in [6, 6.07) is 54.1. The zero-order chi connectivity index (χ0) is 30.2. The SMILES string of the molecule is O=P1(c2ccccc2)c2ccccc2N(c2cccc(-c3nc(-c4ccccc4)nc(-c4ccccc4)n3)c2)c2ccccc21. The van der Waals surface area contributed by atoms with E-state index in [-0.39, 0.29) is 0 Å². The van der Waals surface area contributed by atoms with Gasteiger partial charge in [-0.1, -0.05) is 127 Å². The molecule has 2 heterocycles. The monoisotopic (exact) mass is 598 g/mol. The second kappa shape index (κ2) is 11.1. The van der Waals surface area contributed by atoms with E-state index in [1.165, 1.54) is 0 Å². The Labute approximate surface area is 261 Å². The van der Waals surface area contributed by atoms with E-state index >= 15 is 4.57 Å². The van der Waals surface area contributed by atoms with Gasteiger partial charge in [-0.3, -0.25) is 0 Å². The quantitative estimate of drug-likeness (QED) is 0.187. The van der Waals surface area contributed by atoms with Crippen LogP contribution in [0.2, 0.25) is 0 Å². The average molecular weight is 599 g/mol. The van der Waals surface area contributed by atoms with Crippen molar-refractivity contribution < 1.29 is 4.57 Å². The Kier molecular flexibility index (Phi) is 6.66. The number of nitrogens with zero attached hydrogens (tertiary/aromatic N) is 4. The van der Waals surface area contributed by atoms with Crippen LogP contribution in [0.15, 0.2) is 164 Å². The molecule has 0 radical (unpaired) electrons. The molecule has 1 aliphatic heterocycles. The molecule has 8 rings (SSSR count). The van der Waals surface area contributed by atoms with Crippen molar-refractivity contribution in [2.24, 2.45) is 0 Å². The lowest BCUT2D eigenvalue weighted by Crippen LogP contribution is -2.36. The smallest absolute Gasteiger partial charge is 0.175 e. The summed E-state index contributed by atoms with van der Waals surface area (Å²) in [4.78, 5) is 17.0. The van der Waals surface area contributed by atoms with Crippen LogP contribution in [-0.2, 0) is 4.57 Å². The van der Waals surface area contributed by atoms with Gasteiger partial charge >= 0.3 is 0 Å². The minimum absolute atomic E-state index is 0.582. The predicted octanol–water partition coefficient (Wildman–Crippen LogP) is 8.30. The summed E-state index contributed by atoms with van der Waals surface area (Å²) in [6.45, 7) is 0. The molecule has 1 aromatic heterocycles. The molecule has 0 saturated heterocycles. The number of fused-ring (bicyclic) bond motifs is 2. The Morgan fingerprint density at radius 2 is 0.844 bits per heavy atom. The van der Waals surface area contributed by atoms with Crippen molar-refractivity contribution in [2.75, 3.05) is 4.90 Å². The Morgan fingerprint density at radius 3 is 1.38 bits per heavy atom. The van der Waals surface area contributed by atoms with Crippen molar-refractivity contribution in [1.29, 1.82) is 0 Å². The molecular formula is C39H27N4OP. The van der Waals surface area contributed by atoms with Gasteiger partial charge in [0.1, 0.15) is 0 Å². The first kappa shape index (κ1) is 26.9. The maximum absolute atomic E-state index is 15.2. The standard InChI is InChI=1S/C39H27N4OP/c44-45(32-21-8-3-9-22-32)35-25-12-10-23-33(35)43(34-24-11-13-26-36(34)45)31-20-14-19-30(27-31)39-41-37(28-15-4-1-5-16-28)40-38(42-39)29-17-6-2-7-18-29/h1-27H. The molecule has 0 saturated carbocycles. The second-order valence-corrected chi connectivity index (χ2v) is 13.5. The van der Waals surface area contributed by atoms with Crippen LogP contribution in [0.3, 0.4) is 0 Å². The van der Waals surface area contributed by atoms with Crippen LogP contribution in [-0.4, -0.2) is 15.0 Å². The fraction of sp³-hybridized carbons (Fsp3) is 0. The highest BCUT2D eigenvalue weighted by atomic mass is 31.2. The van der Waals surface area contributed by atoms with Gasteiger partial charge in [0.2, 0.25) is 0 Å². The van der Waals surface area contributed by atoms with Gasteiger partial charge < -0.3 is 9.46 Å². The lowest BCUT2D eigenvalue weighted by Gasteiger charge is -2.37. The maximum atomic E-state index is 15.2. The normalized spacial score (nSPS) is 13.1. The zero-order valence-corrected chi connectivity index (χ0v) is 25.1. The first-order valence-corrected chi connectivity index (χ1v) is 16.5. The van der Waals surface area contributed by atoms with Crippen molar-refractivity contribution >= 4 is 40.1 Å². The third kappa shape index (κ3) is 4.66. The Morgan fingerprint density at radius 1 is 0.422 bits per heavy atom. The van der Waals surface area contributed by atoms with Gasteiger partial charge in [0.15, 0.2) is 24.6 Å². The Balaban J connectivity index is 1.31. The van der Waals surface area contributed by atoms with Gasteiger partial charge in [0, 0.05) is 38.3 Å².